The first kappa shape index (κ1) is 17.8. The van der Waals surface area contributed by atoms with Gasteiger partial charge in [0.25, 0.3) is 5.91 Å². The molecule has 0 aromatic heterocycles. The van der Waals surface area contributed by atoms with Gasteiger partial charge in [0.15, 0.2) is 11.5 Å². The lowest BCUT2D eigenvalue weighted by molar-refractivity contribution is -0.120. The van der Waals surface area contributed by atoms with Crippen molar-refractivity contribution < 1.29 is 23.8 Å². The minimum absolute atomic E-state index is 0.0702. The number of benzene rings is 2. The Morgan fingerprint density at radius 3 is 2.62 bits per heavy atom. The van der Waals surface area contributed by atoms with Crippen molar-refractivity contribution in [2.24, 2.45) is 0 Å². The van der Waals surface area contributed by atoms with Crippen LogP contribution in [0.2, 0.25) is 0 Å². The third-order valence-corrected chi connectivity index (χ3v) is 3.84. The van der Waals surface area contributed by atoms with Gasteiger partial charge in [-0.25, -0.2) is 0 Å². The quantitative estimate of drug-likeness (QED) is 0.741. The minimum atomic E-state index is -0.242. The van der Waals surface area contributed by atoms with E-state index in [9.17, 15) is 9.59 Å². The number of hydrogen-bond donors (Lipinski definition) is 2. The summed E-state index contributed by atoms with van der Waals surface area (Å²) in [7, 11) is 1.59. The summed E-state index contributed by atoms with van der Waals surface area (Å²) in [5.74, 6) is 0.884. The number of amides is 2. The second-order valence-corrected chi connectivity index (χ2v) is 5.74. The molecule has 0 radical (unpaired) electrons. The normalized spacial score (nSPS) is 11.9. The largest absolute Gasteiger partial charge is 0.454 e. The molecule has 3 rings (SSSR count). The predicted molar refractivity (Wildman–Crippen MR) is 95.5 cm³/mol. The number of methoxy groups -OCH3 is 1. The minimum Gasteiger partial charge on any atom is -0.454 e. The molecule has 0 saturated heterocycles. The van der Waals surface area contributed by atoms with Gasteiger partial charge >= 0.3 is 0 Å². The van der Waals surface area contributed by atoms with E-state index < -0.39 is 0 Å². The van der Waals surface area contributed by atoms with Crippen molar-refractivity contribution in [3.05, 3.63) is 53.6 Å². The Morgan fingerprint density at radius 2 is 1.85 bits per heavy atom. The van der Waals surface area contributed by atoms with E-state index in [1.165, 1.54) is 0 Å². The molecule has 7 heteroatoms. The molecule has 2 aromatic rings. The Hall–Kier alpha value is -3.06. The molecule has 0 fully saturated rings. The third kappa shape index (κ3) is 4.52. The summed E-state index contributed by atoms with van der Waals surface area (Å²) in [6, 6.07) is 12.2. The molecule has 0 atom stereocenters. The molecular weight excluding hydrogens is 336 g/mol. The molecule has 1 aliphatic rings. The van der Waals surface area contributed by atoms with E-state index in [0.29, 0.717) is 35.9 Å². The second-order valence-electron chi connectivity index (χ2n) is 5.74. The highest BCUT2D eigenvalue weighted by molar-refractivity contribution is 6.04. The number of anilines is 1. The number of carbonyl (C=O) groups excluding carboxylic acids is 2. The molecule has 1 heterocycles. The van der Waals surface area contributed by atoms with Crippen molar-refractivity contribution in [1.29, 1.82) is 0 Å². The zero-order chi connectivity index (χ0) is 18.4. The highest BCUT2D eigenvalue weighted by atomic mass is 16.7. The smallest absolute Gasteiger partial charge is 0.255 e. The lowest BCUT2D eigenvalue weighted by Gasteiger charge is -2.08. The van der Waals surface area contributed by atoms with Crippen LogP contribution in [-0.4, -0.2) is 38.9 Å². The van der Waals surface area contributed by atoms with Gasteiger partial charge < -0.3 is 24.8 Å². The van der Waals surface area contributed by atoms with Crippen LogP contribution in [0.3, 0.4) is 0 Å². The fourth-order valence-electron chi connectivity index (χ4n) is 2.49. The average molecular weight is 356 g/mol. The van der Waals surface area contributed by atoms with E-state index in [2.05, 4.69) is 10.6 Å². The molecule has 136 valence electrons. The summed E-state index contributed by atoms with van der Waals surface area (Å²) in [6.07, 6.45) is 0.278. The summed E-state index contributed by atoms with van der Waals surface area (Å²) >= 11 is 0. The van der Waals surface area contributed by atoms with E-state index in [-0.39, 0.29) is 25.0 Å². The number of nitrogens with one attached hydrogen (secondary N) is 2. The van der Waals surface area contributed by atoms with Gasteiger partial charge in [-0.2, -0.15) is 0 Å². The molecule has 2 aromatic carbocycles. The maximum absolute atomic E-state index is 12.3. The standard InChI is InChI=1S/C19H20N2O5/c1-24-9-8-20-18(22)10-13-2-5-15(6-3-13)21-19(23)14-4-7-16-17(11-14)26-12-25-16/h2-7,11H,8-10,12H2,1H3,(H,20,22)(H,21,23). The zero-order valence-corrected chi connectivity index (χ0v) is 14.4. The van der Waals surface area contributed by atoms with Crippen molar-refractivity contribution in [3.63, 3.8) is 0 Å². The lowest BCUT2D eigenvalue weighted by atomic mass is 10.1. The molecule has 2 amide bonds. The first-order chi connectivity index (χ1) is 12.7. The maximum Gasteiger partial charge on any atom is 0.255 e. The highest BCUT2D eigenvalue weighted by Gasteiger charge is 2.16. The number of fused-ring (bicyclic) bond motifs is 1. The van der Waals surface area contributed by atoms with Gasteiger partial charge in [0, 0.05) is 24.9 Å². The SMILES string of the molecule is COCCNC(=O)Cc1ccc(NC(=O)c2ccc3c(c2)OCO3)cc1. The molecule has 0 bridgehead atoms. The maximum atomic E-state index is 12.3. The van der Waals surface area contributed by atoms with E-state index in [1.807, 2.05) is 12.1 Å². The molecular formula is C19H20N2O5. The van der Waals surface area contributed by atoms with Crippen LogP contribution in [0.25, 0.3) is 0 Å². The summed E-state index contributed by atoms with van der Waals surface area (Å²) < 4.78 is 15.4. The van der Waals surface area contributed by atoms with E-state index >= 15 is 0 Å². The Bertz CT molecular complexity index is 789. The van der Waals surface area contributed by atoms with Crippen LogP contribution in [0.1, 0.15) is 15.9 Å². The average Bonchev–Trinajstić information content (AvgIpc) is 3.11. The third-order valence-electron chi connectivity index (χ3n) is 3.84. The summed E-state index contributed by atoms with van der Waals surface area (Å²) in [6.45, 7) is 1.14. The van der Waals surface area contributed by atoms with Gasteiger partial charge in [0.1, 0.15) is 0 Å². The van der Waals surface area contributed by atoms with Crippen LogP contribution in [0.15, 0.2) is 42.5 Å². The van der Waals surface area contributed by atoms with Crippen molar-refractivity contribution in [2.45, 2.75) is 6.42 Å². The van der Waals surface area contributed by atoms with Crippen molar-refractivity contribution in [1.82, 2.24) is 5.32 Å². The topological polar surface area (TPSA) is 85.9 Å². The van der Waals surface area contributed by atoms with Crippen LogP contribution < -0.4 is 20.1 Å². The Morgan fingerprint density at radius 1 is 1.08 bits per heavy atom. The van der Waals surface area contributed by atoms with Gasteiger partial charge in [-0.05, 0) is 35.9 Å². The number of ether oxygens (including phenoxy) is 3. The molecule has 2 N–H and O–H groups in total. The van der Waals surface area contributed by atoms with Crippen LogP contribution >= 0.6 is 0 Å². The summed E-state index contributed by atoms with van der Waals surface area (Å²) in [4.78, 5) is 24.1. The molecule has 0 aliphatic carbocycles. The molecule has 1 aliphatic heterocycles. The van der Waals surface area contributed by atoms with Crippen LogP contribution in [0.5, 0.6) is 11.5 Å². The van der Waals surface area contributed by atoms with Crippen LogP contribution in [-0.2, 0) is 16.0 Å². The Balaban J connectivity index is 1.55. The zero-order valence-electron chi connectivity index (χ0n) is 14.4. The number of carbonyl (C=O) groups is 2. The summed E-state index contributed by atoms with van der Waals surface area (Å²) in [5, 5.41) is 5.58. The molecule has 0 saturated carbocycles. The molecule has 26 heavy (non-hydrogen) atoms. The second kappa shape index (κ2) is 8.35. The molecule has 0 spiro atoms. The van der Waals surface area contributed by atoms with E-state index in [1.54, 1.807) is 37.4 Å². The van der Waals surface area contributed by atoms with E-state index in [4.69, 9.17) is 14.2 Å². The van der Waals surface area contributed by atoms with Gasteiger partial charge in [-0.3, -0.25) is 9.59 Å². The molecule has 7 nitrogen and oxygen atoms in total. The van der Waals surface area contributed by atoms with Gasteiger partial charge in [-0.15, -0.1) is 0 Å². The summed E-state index contributed by atoms with van der Waals surface area (Å²) in [5.41, 5.74) is 1.99. The Kier molecular flexibility index (Phi) is 5.70. The van der Waals surface area contributed by atoms with Crippen molar-refractivity contribution in [3.8, 4) is 11.5 Å². The fourth-order valence-corrected chi connectivity index (χ4v) is 2.49. The van der Waals surface area contributed by atoms with Crippen molar-refractivity contribution in [2.75, 3.05) is 32.4 Å². The fraction of sp³-hybridized carbons (Fsp3) is 0.263. The van der Waals surface area contributed by atoms with Crippen LogP contribution in [0.4, 0.5) is 5.69 Å². The van der Waals surface area contributed by atoms with Crippen LogP contribution in [0, 0.1) is 0 Å². The lowest BCUT2D eigenvalue weighted by Crippen LogP contribution is -2.28. The highest BCUT2D eigenvalue weighted by Crippen LogP contribution is 2.32. The van der Waals surface area contributed by atoms with Crippen molar-refractivity contribution >= 4 is 17.5 Å². The number of hydrogen-bond acceptors (Lipinski definition) is 5. The predicted octanol–water partition coefficient (Wildman–Crippen LogP) is 1.97. The molecule has 0 unspecified atom stereocenters. The van der Waals surface area contributed by atoms with Gasteiger partial charge in [0.05, 0.1) is 13.0 Å². The Labute approximate surface area is 151 Å². The van der Waals surface area contributed by atoms with Gasteiger partial charge in [-0.1, -0.05) is 12.1 Å². The van der Waals surface area contributed by atoms with E-state index in [0.717, 1.165) is 5.56 Å². The monoisotopic (exact) mass is 356 g/mol. The first-order valence-corrected chi connectivity index (χ1v) is 8.21. The van der Waals surface area contributed by atoms with Gasteiger partial charge in [0.2, 0.25) is 12.7 Å². The number of rotatable bonds is 7. The first-order valence-electron chi connectivity index (χ1n) is 8.21.